The highest BCUT2D eigenvalue weighted by atomic mass is 16.5. The number of allylic oxidation sites excluding steroid dienone is 1. The van der Waals surface area contributed by atoms with Gasteiger partial charge in [-0.2, -0.15) is 0 Å². The van der Waals surface area contributed by atoms with Crippen LogP contribution in [0.25, 0.3) is 0 Å². The van der Waals surface area contributed by atoms with Crippen molar-refractivity contribution in [3.8, 4) is 0 Å². The lowest BCUT2D eigenvalue weighted by Gasteiger charge is -2.02. The lowest BCUT2D eigenvalue weighted by molar-refractivity contribution is 0.164. The maximum Gasteiger partial charge on any atom is 0.0647 e. The summed E-state index contributed by atoms with van der Waals surface area (Å²) in [4.78, 5) is 0. The second kappa shape index (κ2) is 10.7. The van der Waals surface area contributed by atoms with E-state index in [-0.39, 0.29) is 0 Å². The summed E-state index contributed by atoms with van der Waals surface area (Å²) in [6, 6.07) is 0. The van der Waals surface area contributed by atoms with Crippen molar-refractivity contribution in [3.63, 3.8) is 0 Å². The Hall–Kier alpha value is -0.340. The van der Waals surface area contributed by atoms with Gasteiger partial charge >= 0.3 is 0 Å². The van der Waals surface area contributed by atoms with Gasteiger partial charge in [0.05, 0.1) is 13.2 Å². The molecule has 0 amide bonds. The number of rotatable bonds is 8. The fourth-order valence-electron chi connectivity index (χ4n) is 0.819. The highest BCUT2D eigenvalue weighted by Crippen LogP contribution is 1.82. The monoisotopic (exact) mass is 171 g/mol. The lowest BCUT2D eigenvalue weighted by atomic mass is 10.3. The van der Waals surface area contributed by atoms with Crippen LogP contribution in [-0.2, 0) is 4.74 Å². The fourth-order valence-corrected chi connectivity index (χ4v) is 0.819. The van der Waals surface area contributed by atoms with Crippen LogP contribution in [0, 0.1) is 0 Å². The minimum atomic E-state index is 0.742. The molecule has 0 atom stereocenters. The van der Waals surface area contributed by atoms with Crippen LogP contribution >= 0.6 is 0 Å². The van der Waals surface area contributed by atoms with Gasteiger partial charge in [0.15, 0.2) is 0 Å². The van der Waals surface area contributed by atoms with E-state index in [0.29, 0.717) is 0 Å². The minimum Gasteiger partial charge on any atom is -0.376 e. The Morgan fingerprint density at radius 2 is 2.17 bits per heavy atom. The zero-order chi connectivity index (χ0) is 9.07. The molecule has 0 fully saturated rings. The van der Waals surface area contributed by atoms with Gasteiger partial charge < -0.3 is 10.1 Å². The number of unbranched alkanes of at least 4 members (excludes halogenated alkanes) is 1. The van der Waals surface area contributed by atoms with Crippen molar-refractivity contribution < 1.29 is 4.74 Å². The van der Waals surface area contributed by atoms with Gasteiger partial charge in [-0.05, 0) is 19.9 Å². The number of hydrogen-bond donors (Lipinski definition) is 1. The van der Waals surface area contributed by atoms with Crippen molar-refractivity contribution in [1.29, 1.82) is 0 Å². The summed E-state index contributed by atoms with van der Waals surface area (Å²) in [5.74, 6) is 0. The van der Waals surface area contributed by atoms with Crippen LogP contribution in [0.4, 0.5) is 0 Å². The molecule has 0 rings (SSSR count). The molecule has 0 heterocycles. The SMILES string of the molecule is CC=CCOCCNCCCC. The van der Waals surface area contributed by atoms with E-state index in [1.165, 1.54) is 12.8 Å². The maximum atomic E-state index is 5.30. The largest absolute Gasteiger partial charge is 0.376 e. The highest BCUT2D eigenvalue weighted by Gasteiger charge is 1.85. The molecule has 1 N–H and O–H groups in total. The van der Waals surface area contributed by atoms with Crippen molar-refractivity contribution >= 4 is 0 Å². The molecule has 0 saturated heterocycles. The van der Waals surface area contributed by atoms with Gasteiger partial charge in [0.1, 0.15) is 0 Å². The molecule has 72 valence electrons. The molecule has 0 unspecified atom stereocenters. The van der Waals surface area contributed by atoms with Crippen LogP contribution in [0.5, 0.6) is 0 Å². The quantitative estimate of drug-likeness (QED) is 0.445. The third-order valence-electron chi connectivity index (χ3n) is 1.58. The van der Waals surface area contributed by atoms with Gasteiger partial charge in [0, 0.05) is 6.54 Å². The molecule has 0 spiro atoms. The van der Waals surface area contributed by atoms with Crippen molar-refractivity contribution in [2.45, 2.75) is 26.7 Å². The first kappa shape index (κ1) is 11.7. The van der Waals surface area contributed by atoms with Gasteiger partial charge in [0.2, 0.25) is 0 Å². The number of hydrogen-bond acceptors (Lipinski definition) is 2. The van der Waals surface area contributed by atoms with E-state index < -0.39 is 0 Å². The average molecular weight is 171 g/mol. The molecule has 0 aromatic heterocycles. The highest BCUT2D eigenvalue weighted by molar-refractivity contribution is 4.75. The minimum absolute atomic E-state index is 0.742. The summed E-state index contributed by atoms with van der Waals surface area (Å²) in [6.45, 7) is 7.84. The van der Waals surface area contributed by atoms with Crippen LogP contribution in [0.1, 0.15) is 26.7 Å². The van der Waals surface area contributed by atoms with Gasteiger partial charge in [-0.3, -0.25) is 0 Å². The van der Waals surface area contributed by atoms with Gasteiger partial charge in [0.25, 0.3) is 0 Å². The normalized spacial score (nSPS) is 11.2. The Bertz CT molecular complexity index is 102. The average Bonchev–Trinajstić information content (AvgIpc) is 2.10. The number of nitrogens with one attached hydrogen (secondary N) is 1. The van der Waals surface area contributed by atoms with Crippen LogP contribution in [0.15, 0.2) is 12.2 Å². The molecule has 12 heavy (non-hydrogen) atoms. The molecule has 0 aliphatic rings. The summed E-state index contributed by atoms with van der Waals surface area (Å²) in [5.41, 5.74) is 0. The molecule has 2 heteroatoms. The van der Waals surface area contributed by atoms with Crippen LogP contribution in [0.2, 0.25) is 0 Å². The van der Waals surface area contributed by atoms with E-state index in [9.17, 15) is 0 Å². The molecule has 0 saturated carbocycles. The van der Waals surface area contributed by atoms with Gasteiger partial charge in [-0.1, -0.05) is 25.5 Å². The second-order valence-corrected chi connectivity index (χ2v) is 2.75. The summed E-state index contributed by atoms with van der Waals surface area (Å²) < 4.78 is 5.30. The number of ether oxygens (including phenoxy) is 1. The third kappa shape index (κ3) is 9.66. The van der Waals surface area contributed by atoms with Crippen LogP contribution in [-0.4, -0.2) is 26.3 Å². The molecular weight excluding hydrogens is 150 g/mol. The first-order chi connectivity index (χ1) is 5.91. The molecule has 0 radical (unpaired) electrons. The van der Waals surface area contributed by atoms with E-state index in [4.69, 9.17) is 4.74 Å². The van der Waals surface area contributed by atoms with Crippen LogP contribution in [0.3, 0.4) is 0 Å². The molecule has 0 aliphatic carbocycles. The first-order valence-electron chi connectivity index (χ1n) is 4.81. The topological polar surface area (TPSA) is 21.3 Å². The summed E-state index contributed by atoms with van der Waals surface area (Å²) in [5, 5.41) is 3.31. The van der Waals surface area contributed by atoms with E-state index in [1.807, 2.05) is 19.1 Å². The Labute approximate surface area is 76.0 Å². The lowest BCUT2D eigenvalue weighted by Crippen LogP contribution is -2.20. The maximum absolute atomic E-state index is 5.30. The van der Waals surface area contributed by atoms with E-state index >= 15 is 0 Å². The first-order valence-corrected chi connectivity index (χ1v) is 4.81. The molecular formula is C10H21NO. The van der Waals surface area contributed by atoms with Crippen LogP contribution < -0.4 is 5.32 Å². The van der Waals surface area contributed by atoms with Crippen molar-refractivity contribution in [2.75, 3.05) is 26.3 Å². The van der Waals surface area contributed by atoms with E-state index in [2.05, 4.69) is 12.2 Å². The van der Waals surface area contributed by atoms with Crippen molar-refractivity contribution in [2.24, 2.45) is 0 Å². The second-order valence-electron chi connectivity index (χ2n) is 2.75. The smallest absolute Gasteiger partial charge is 0.0647 e. The Morgan fingerprint density at radius 1 is 1.33 bits per heavy atom. The standard InChI is InChI=1S/C10H21NO/c1-3-5-7-11-8-10-12-9-6-4-2/h4,6,11H,3,5,7-10H2,1-2H3. The zero-order valence-corrected chi connectivity index (χ0v) is 8.31. The Kier molecular flexibility index (Phi) is 10.4. The summed E-state index contributed by atoms with van der Waals surface area (Å²) in [7, 11) is 0. The molecule has 0 aliphatic heterocycles. The summed E-state index contributed by atoms with van der Waals surface area (Å²) in [6.07, 6.45) is 6.54. The predicted octanol–water partition coefficient (Wildman–Crippen LogP) is 1.97. The fraction of sp³-hybridized carbons (Fsp3) is 0.800. The Balaban J connectivity index is 2.81. The predicted molar refractivity (Wildman–Crippen MR) is 53.4 cm³/mol. The van der Waals surface area contributed by atoms with Crippen molar-refractivity contribution in [3.05, 3.63) is 12.2 Å². The third-order valence-corrected chi connectivity index (χ3v) is 1.58. The van der Waals surface area contributed by atoms with E-state index in [0.717, 1.165) is 26.3 Å². The molecule has 0 aromatic carbocycles. The Morgan fingerprint density at radius 3 is 2.83 bits per heavy atom. The van der Waals surface area contributed by atoms with E-state index in [1.54, 1.807) is 0 Å². The molecule has 0 aromatic rings. The van der Waals surface area contributed by atoms with Gasteiger partial charge in [-0.15, -0.1) is 0 Å². The molecule has 2 nitrogen and oxygen atoms in total. The van der Waals surface area contributed by atoms with Gasteiger partial charge in [-0.25, -0.2) is 0 Å². The zero-order valence-electron chi connectivity index (χ0n) is 8.31. The van der Waals surface area contributed by atoms with Crippen molar-refractivity contribution in [1.82, 2.24) is 5.32 Å². The molecule has 0 bridgehead atoms. The summed E-state index contributed by atoms with van der Waals surface area (Å²) >= 11 is 0.